The summed E-state index contributed by atoms with van der Waals surface area (Å²) in [6.45, 7) is 1.78. The maximum Gasteiger partial charge on any atom is 0.211 e. The van der Waals surface area contributed by atoms with Crippen LogP contribution in [0.2, 0.25) is 0 Å². The van der Waals surface area contributed by atoms with E-state index in [4.69, 9.17) is 4.74 Å². The minimum absolute atomic E-state index is 0.626. The van der Waals surface area contributed by atoms with E-state index in [1.54, 1.807) is 7.11 Å². The SMILES string of the molecule is COc1cc(-c2cnn(CCN(C)C)c2)ccc1NC=O. The molecule has 0 aliphatic heterocycles. The molecule has 112 valence electrons. The number of carbonyl (C=O) groups is 1. The second-order valence-corrected chi connectivity index (χ2v) is 4.97. The van der Waals surface area contributed by atoms with Crippen molar-refractivity contribution in [3.63, 3.8) is 0 Å². The van der Waals surface area contributed by atoms with E-state index in [1.165, 1.54) is 0 Å². The van der Waals surface area contributed by atoms with Gasteiger partial charge in [-0.25, -0.2) is 0 Å². The molecule has 6 heteroatoms. The smallest absolute Gasteiger partial charge is 0.211 e. The van der Waals surface area contributed by atoms with Crippen molar-refractivity contribution in [2.24, 2.45) is 0 Å². The molecule has 21 heavy (non-hydrogen) atoms. The molecule has 1 aromatic carbocycles. The fourth-order valence-electron chi connectivity index (χ4n) is 1.99. The third-order valence-electron chi connectivity index (χ3n) is 3.16. The van der Waals surface area contributed by atoms with Gasteiger partial charge in [0.15, 0.2) is 0 Å². The van der Waals surface area contributed by atoms with Crippen LogP contribution >= 0.6 is 0 Å². The van der Waals surface area contributed by atoms with Crippen LogP contribution in [0.3, 0.4) is 0 Å². The lowest BCUT2D eigenvalue weighted by Crippen LogP contribution is -2.18. The van der Waals surface area contributed by atoms with Crippen LogP contribution in [-0.4, -0.2) is 48.8 Å². The number of carbonyl (C=O) groups excluding carboxylic acids is 1. The van der Waals surface area contributed by atoms with Crippen LogP contribution < -0.4 is 10.1 Å². The van der Waals surface area contributed by atoms with E-state index in [9.17, 15) is 4.79 Å². The average molecular weight is 288 g/mol. The number of anilines is 1. The standard InChI is InChI=1S/C15H20N4O2/c1-18(2)6-7-19-10-13(9-17-19)12-4-5-14(16-11-20)15(8-12)21-3/h4-5,8-11H,6-7H2,1-3H3,(H,16,20). The van der Waals surface area contributed by atoms with Gasteiger partial charge in [0, 0.05) is 18.3 Å². The molecule has 0 spiro atoms. The van der Waals surface area contributed by atoms with E-state index in [0.717, 1.165) is 24.2 Å². The Labute approximate surface area is 124 Å². The predicted octanol–water partition coefficient (Wildman–Crippen LogP) is 1.69. The van der Waals surface area contributed by atoms with Crippen molar-refractivity contribution in [3.05, 3.63) is 30.6 Å². The Balaban J connectivity index is 2.19. The first-order chi connectivity index (χ1) is 10.1. The predicted molar refractivity (Wildman–Crippen MR) is 82.5 cm³/mol. The Morgan fingerprint density at radius 3 is 2.86 bits per heavy atom. The van der Waals surface area contributed by atoms with Crippen LogP contribution in [-0.2, 0) is 11.3 Å². The Morgan fingerprint density at radius 1 is 1.38 bits per heavy atom. The summed E-state index contributed by atoms with van der Waals surface area (Å²) in [7, 11) is 5.65. The summed E-state index contributed by atoms with van der Waals surface area (Å²) in [5, 5.41) is 6.97. The summed E-state index contributed by atoms with van der Waals surface area (Å²) in [6.07, 6.45) is 4.47. The van der Waals surface area contributed by atoms with E-state index in [-0.39, 0.29) is 0 Å². The minimum Gasteiger partial charge on any atom is -0.495 e. The third-order valence-corrected chi connectivity index (χ3v) is 3.16. The van der Waals surface area contributed by atoms with Gasteiger partial charge in [0.2, 0.25) is 6.41 Å². The van der Waals surface area contributed by atoms with Gasteiger partial charge in [-0.3, -0.25) is 9.48 Å². The van der Waals surface area contributed by atoms with E-state index in [0.29, 0.717) is 17.8 Å². The number of likely N-dealkylation sites (N-methyl/N-ethyl adjacent to an activating group) is 1. The number of nitrogens with zero attached hydrogens (tertiary/aromatic N) is 3. The van der Waals surface area contributed by atoms with Crippen molar-refractivity contribution in [1.29, 1.82) is 0 Å². The minimum atomic E-state index is 0.626. The van der Waals surface area contributed by atoms with Crippen LogP contribution in [0.15, 0.2) is 30.6 Å². The molecule has 0 aliphatic rings. The first-order valence-corrected chi connectivity index (χ1v) is 6.70. The van der Waals surface area contributed by atoms with Crippen LogP contribution in [0.5, 0.6) is 5.75 Å². The zero-order chi connectivity index (χ0) is 15.2. The molecule has 0 aliphatic carbocycles. The molecule has 2 aromatic rings. The maximum atomic E-state index is 10.5. The Morgan fingerprint density at radius 2 is 2.19 bits per heavy atom. The molecule has 0 radical (unpaired) electrons. The number of hydrogen-bond donors (Lipinski definition) is 1. The van der Waals surface area contributed by atoms with Crippen molar-refractivity contribution in [2.45, 2.75) is 6.54 Å². The summed E-state index contributed by atoms with van der Waals surface area (Å²) in [5.41, 5.74) is 2.67. The Bertz CT molecular complexity index is 607. The molecular formula is C15H20N4O2. The molecule has 1 heterocycles. The zero-order valence-corrected chi connectivity index (χ0v) is 12.5. The molecule has 0 saturated carbocycles. The molecule has 6 nitrogen and oxygen atoms in total. The quantitative estimate of drug-likeness (QED) is 0.788. The highest BCUT2D eigenvalue weighted by Gasteiger charge is 2.07. The highest BCUT2D eigenvalue weighted by Crippen LogP contribution is 2.30. The van der Waals surface area contributed by atoms with Crippen molar-refractivity contribution < 1.29 is 9.53 Å². The van der Waals surface area contributed by atoms with E-state index >= 15 is 0 Å². The second-order valence-electron chi connectivity index (χ2n) is 4.97. The molecule has 0 atom stereocenters. The Hall–Kier alpha value is -2.34. The van der Waals surface area contributed by atoms with Gasteiger partial charge >= 0.3 is 0 Å². The molecule has 0 saturated heterocycles. The van der Waals surface area contributed by atoms with Crippen molar-refractivity contribution >= 4 is 12.1 Å². The van der Waals surface area contributed by atoms with Crippen molar-refractivity contribution in [1.82, 2.24) is 14.7 Å². The highest BCUT2D eigenvalue weighted by molar-refractivity contribution is 5.78. The van der Waals surface area contributed by atoms with Gasteiger partial charge < -0.3 is 15.0 Å². The first kappa shape index (κ1) is 15.1. The summed E-state index contributed by atoms with van der Waals surface area (Å²) >= 11 is 0. The molecule has 0 unspecified atom stereocenters. The van der Waals surface area contributed by atoms with Gasteiger partial charge in [-0.15, -0.1) is 0 Å². The topological polar surface area (TPSA) is 59.4 Å². The normalized spacial score (nSPS) is 10.7. The van der Waals surface area contributed by atoms with Crippen molar-refractivity contribution in [3.8, 4) is 16.9 Å². The van der Waals surface area contributed by atoms with E-state index < -0.39 is 0 Å². The van der Waals surface area contributed by atoms with Gasteiger partial charge in [-0.2, -0.15) is 5.10 Å². The number of benzene rings is 1. The van der Waals surface area contributed by atoms with Crippen LogP contribution in [0.25, 0.3) is 11.1 Å². The lowest BCUT2D eigenvalue weighted by atomic mass is 10.1. The third kappa shape index (κ3) is 3.82. The lowest BCUT2D eigenvalue weighted by molar-refractivity contribution is -0.105. The van der Waals surface area contributed by atoms with E-state index in [2.05, 4.69) is 15.3 Å². The fourth-order valence-corrected chi connectivity index (χ4v) is 1.99. The van der Waals surface area contributed by atoms with Gasteiger partial charge in [0.1, 0.15) is 5.75 Å². The molecule has 1 N–H and O–H groups in total. The number of rotatable bonds is 7. The highest BCUT2D eigenvalue weighted by atomic mass is 16.5. The van der Waals surface area contributed by atoms with Gasteiger partial charge in [-0.1, -0.05) is 6.07 Å². The number of amides is 1. The van der Waals surface area contributed by atoms with Crippen molar-refractivity contribution in [2.75, 3.05) is 33.1 Å². The molecular weight excluding hydrogens is 268 g/mol. The average Bonchev–Trinajstić information content (AvgIpc) is 2.94. The van der Waals surface area contributed by atoms with Gasteiger partial charge in [-0.05, 0) is 31.8 Å². The number of nitrogens with one attached hydrogen (secondary N) is 1. The summed E-state index contributed by atoms with van der Waals surface area (Å²) in [4.78, 5) is 12.7. The molecule has 0 fully saturated rings. The number of ether oxygens (including phenoxy) is 1. The number of methoxy groups -OCH3 is 1. The first-order valence-electron chi connectivity index (χ1n) is 6.70. The van der Waals surface area contributed by atoms with Crippen LogP contribution in [0.1, 0.15) is 0 Å². The molecule has 1 amide bonds. The molecule has 2 rings (SSSR count). The molecule has 1 aromatic heterocycles. The zero-order valence-electron chi connectivity index (χ0n) is 12.5. The Kier molecular flexibility index (Phi) is 4.94. The lowest BCUT2D eigenvalue weighted by Gasteiger charge is -2.09. The molecule has 0 bridgehead atoms. The van der Waals surface area contributed by atoms with Crippen LogP contribution in [0.4, 0.5) is 5.69 Å². The summed E-state index contributed by atoms with van der Waals surface area (Å²) in [6, 6.07) is 5.64. The summed E-state index contributed by atoms with van der Waals surface area (Å²) < 4.78 is 7.21. The maximum absolute atomic E-state index is 10.5. The van der Waals surface area contributed by atoms with Gasteiger partial charge in [0.25, 0.3) is 0 Å². The number of aromatic nitrogens is 2. The number of hydrogen-bond acceptors (Lipinski definition) is 4. The van der Waals surface area contributed by atoms with E-state index in [1.807, 2.05) is 49.4 Å². The van der Waals surface area contributed by atoms with Crippen LogP contribution in [0, 0.1) is 0 Å². The monoisotopic (exact) mass is 288 g/mol. The largest absolute Gasteiger partial charge is 0.495 e. The fraction of sp³-hybridized carbons (Fsp3) is 0.333. The van der Waals surface area contributed by atoms with Gasteiger partial charge in [0.05, 0.1) is 25.5 Å². The summed E-state index contributed by atoms with van der Waals surface area (Å²) in [5.74, 6) is 0.626. The second kappa shape index (κ2) is 6.90.